The lowest BCUT2D eigenvalue weighted by Gasteiger charge is -2.50. The largest absolute Gasteiger partial charge is 0.375 e. The molecular formula is C26H36OSi. The van der Waals surface area contributed by atoms with Gasteiger partial charge in [-0.3, -0.25) is 0 Å². The van der Waals surface area contributed by atoms with Crippen molar-refractivity contribution in [3.05, 3.63) is 60.7 Å². The lowest BCUT2D eigenvalue weighted by Crippen LogP contribution is -2.66. The van der Waals surface area contributed by atoms with E-state index in [2.05, 4.69) is 81.4 Å². The molecule has 1 aliphatic carbocycles. The van der Waals surface area contributed by atoms with Crippen LogP contribution in [-0.4, -0.2) is 20.3 Å². The zero-order valence-corrected chi connectivity index (χ0v) is 18.9. The summed E-state index contributed by atoms with van der Waals surface area (Å²) in [7, 11) is -1.99. The summed E-state index contributed by atoms with van der Waals surface area (Å²) in [5, 5.41) is 3.34. The third-order valence-corrected chi connectivity index (χ3v) is 13.7. The molecule has 2 aromatic carbocycles. The molecule has 150 valence electrons. The van der Waals surface area contributed by atoms with Crippen molar-refractivity contribution in [3.63, 3.8) is 0 Å². The van der Waals surface area contributed by atoms with E-state index in [0.717, 1.165) is 5.92 Å². The van der Waals surface area contributed by atoms with Crippen LogP contribution in [0.1, 0.15) is 59.3 Å². The monoisotopic (exact) mass is 392 g/mol. The van der Waals surface area contributed by atoms with Crippen molar-refractivity contribution in [3.8, 4) is 0 Å². The van der Waals surface area contributed by atoms with Crippen molar-refractivity contribution in [2.45, 2.75) is 82.6 Å². The van der Waals surface area contributed by atoms with Gasteiger partial charge in [0.2, 0.25) is 0 Å². The molecule has 0 unspecified atom stereocenters. The lowest BCUT2D eigenvalue weighted by atomic mass is 9.81. The molecule has 0 radical (unpaired) electrons. The second-order valence-electron chi connectivity index (χ2n) is 10.0. The first-order valence-corrected chi connectivity index (χ1v) is 13.5. The fraction of sp³-hybridized carbons (Fsp3) is 0.538. The number of hydrogen-bond donors (Lipinski definition) is 0. The first kappa shape index (κ1) is 19.9. The Hall–Kier alpha value is -1.38. The van der Waals surface area contributed by atoms with Gasteiger partial charge in [0, 0.05) is 0 Å². The number of benzene rings is 2. The summed E-state index contributed by atoms with van der Waals surface area (Å²) < 4.78 is 6.61. The molecule has 0 amide bonds. The van der Waals surface area contributed by atoms with E-state index in [1.807, 2.05) is 0 Å². The van der Waals surface area contributed by atoms with Gasteiger partial charge in [0.15, 0.2) is 0 Å². The van der Waals surface area contributed by atoms with Crippen molar-refractivity contribution in [2.75, 3.05) is 0 Å². The molecule has 4 rings (SSSR count). The molecule has 2 aromatic rings. The minimum Gasteiger partial charge on any atom is -0.375 e. The highest BCUT2D eigenvalue weighted by molar-refractivity contribution is 7.04. The molecule has 2 fully saturated rings. The van der Waals surface area contributed by atoms with Gasteiger partial charge >= 0.3 is 0 Å². The predicted molar refractivity (Wildman–Crippen MR) is 122 cm³/mol. The summed E-state index contributed by atoms with van der Waals surface area (Å²) in [5.74, 6) is 0.823. The van der Waals surface area contributed by atoms with Crippen LogP contribution in [0.4, 0.5) is 0 Å². The molecule has 1 saturated carbocycles. The van der Waals surface area contributed by atoms with E-state index in [-0.39, 0.29) is 5.04 Å². The minimum atomic E-state index is -1.99. The molecule has 2 aliphatic rings. The van der Waals surface area contributed by atoms with Crippen molar-refractivity contribution >= 4 is 18.4 Å². The van der Waals surface area contributed by atoms with Crippen molar-refractivity contribution in [1.82, 2.24) is 0 Å². The van der Waals surface area contributed by atoms with Gasteiger partial charge in [-0.1, -0.05) is 111 Å². The maximum absolute atomic E-state index is 6.61. The van der Waals surface area contributed by atoms with Gasteiger partial charge in [-0.15, -0.1) is 0 Å². The van der Waals surface area contributed by atoms with Gasteiger partial charge in [0.1, 0.15) is 8.07 Å². The standard InChI is InChI=1S/C26H36OSi/c1-26(2,3)28(23-15-9-5-10-16-23,24-17-11-6-12-18-24)20-22-19-25(27-22)21-13-7-4-8-14-21/h5-6,9-12,15-18,21-22,25H,4,7-8,13-14,19-20H2,1-3H3/t22-,25-/m0/s1. The summed E-state index contributed by atoms with van der Waals surface area (Å²) in [6, 6.07) is 23.9. The van der Waals surface area contributed by atoms with E-state index in [4.69, 9.17) is 4.74 Å². The van der Waals surface area contributed by atoms with Crippen LogP contribution < -0.4 is 10.4 Å². The molecule has 2 atom stereocenters. The first-order valence-electron chi connectivity index (χ1n) is 11.3. The SMILES string of the molecule is CC(C)(C)[Si](C[C@@H]1C[C@@H](C2CCCCC2)O1)(c1ccccc1)c1ccccc1. The summed E-state index contributed by atoms with van der Waals surface area (Å²) in [6.07, 6.45) is 9.24. The highest BCUT2D eigenvalue weighted by Gasteiger charge is 2.51. The van der Waals surface area contributed by atoms with Gasteiger partial charge in [-0.2, -0.15) is 0 Å². The molecular weight excluding hydrogens is 356 g/mol. The Morgan fingerprint density at radius 2 is 1.32 bits per heavy atom. The zero-order chi connectivity index (χ0) is 19.6. The Bertz CT molecular complexity index is 698. The number of ether oxygens (including phenoxy) is 1. The first-order chi connectivity index (χ1) is 13.5. The molecule has 1 saturated heterocycles. The smallest absolute Gasteiger partial charge is 0.125 e. The number of rotatable bonds is 5. The summed E-state index contributed by atoms with van der Waals surface area (Å²) in [4.78, 5) is 0. The Morgan fingerprint density at radius 1 is 0.821 bits per heavy atom. The van der Waals surface area contributed by atoms with Crippen LogP contribution in [0.3, 0.4) is 0 Å². The fourth-order valence-corrected chi connectivity index (χ4v) is 11.4. The van der Waals surface area contributed by atoms with Gasteiger partial charge in [-0.25, -0.2) is 0 Å². The average Bonchev–Trinajstić information content (AvgIpc) is 2.68. The summed E-state index contributed by atoms with van der Waals surface area (Å²) >= 11 is 0. The third kappa shape index (κ3) is 3.74. The van der Waals surface area contributed by atoms with E-state index in [1.54, 1.807) is 10.4 Å². The quantitative estimate of drug-likeness (QED) is 0.585. The normalized spacial score (nSPS) is 24.0. The van der Waals surface area contributed by atoms with E-state index in [0.29, 0.717) is 12.2 Å². The van der Waals surface area contributed by atoms with Gasteiger partial charge < -0.3 is 4.74 Å². The average molecular weight is 393 g/mol. The highest BCUT2D eigenvalue weighted by Crippen LogP contribution is 2.44. The maximum atomic E-state index is 6.61. The molecule has 28 heavy (non-hydrogen) atoms. The van der Waals surface area contributed by atoms with Crippen LogP contribution in [0, 0.1) is 5.92 Å². The predicted octanol–water partition coefficient (Wildman–Crippen LogP) is 5.79. The number of hydrogen-bond acceptors (Lipinski definition) is 1. The Labute approximate surface area is 172 Å². The van der Waals surface area contributed by atoms with Crippen molar-refractivity contribution in [1.29, 1.82) is 0 Å². The van der Waals surface area contributed by atoms with E-state index in [1.165, 1.54) is 44.6 Å². The van der Waals surface area contributed by atoms with Crippen LogP contribution in [0.2, 0.25) is 11.1 Å². The molecule has 2 heteroatoms. The van der Waals surface area contributed by atoms with Crippen LogP contribution in [-0.2, 0) is 4.74 Å². The van der Waals surface area contributed by atoms with Gasteiger partial charge in [0.05, 0.1) is 12.2 Å². The Kier molecular flexibility index (Phi) is 5.80. The zero-order valence-electron chi connectivity index (χ0n) is 17.9. The molecule has 0 aromatic heterocycles. The van der Waals surface area contributed by atoms with Crippen LogP contribution in [0.15, 0.2) is 60.7 Å². The Morgan fingerprint density at radius 3 is 1.79 bits per heavy atom. The molecule has 0 spiro atoms. The molecule has 1 nitrogen and oxygen atoms in total. The van der Waals surface area contributed by atoms with E-state index in [9.17, 15) is 0 Å². The van der Waals surface area contributed by atoms with Gasteiger partial charge in [0.25, 0.3) is 0 Å². The fourth-order valence-electron chi connectivity index (χ4n) is 5.80. The van der Waals surface area contributed by atoms with Crippen LogP contribution in [0.25, 0.3) is 0 Å². The highest BCUT2D eigenvalue weighted by atomic mass is 28.3. The van der Waals surface area contributed by atoms with Crippen LogP contribution >= 0.6 is 0 Å². The topological polar surface area (TPSA) is 9.23 Å². The maximum Gasteiger partial charge on any atom is 0.125 e. The van der Waals surface area contributed by atoms with E-state index < -0.39 is 8.07 Å². The molecule has 1 heterocycles. The van der Waals surface area contributed by atoms with Crippen LogP contribution in [0.5, 0.6) is 0 Å². The van der Waals surface area contributed by atoms with E-state index >= 15 is 0 Å². The Balaban J connectivity index is 1.62. The molecule has 0 bridgehead atoms. The van der Waals surface area contributed by atoms with Gasteiger partial charge in [-0.05, 0) is 36.3 Å². The molecule has 1 aliphatic heterocycles. The lowest BCUT2D eigenvalue weighted by molar-refractivity contribution is -0.146. The summed E-state index contributed by atoms with van der Waals surface area (Å²) in [5.41, 5.74) is 0. The van der Waals surface area contributed by atoms with Crippen molar-refractivity contribution in [2.24, 2.45) is 5.92 Å². The minimum absolute atomic E-state index is 0.231. The second-order valence-corrected chi connectivity index (χ2v) is 14.9. The third-order valence-electron chi connectivity index (χ3n) is 7.39. The van der Waals surface area contributed by atoms with Crippen molar-refractivity contribution < 1.29 is 4.74 Å². The second kappa shape index (κ2) is 8.16. The summed E-state index contributed by atoms with van der Waals surface area (Å²) in [6.45, 7) is 7.36. The molecule has 0 N–H and O–H groups in total.